The number of rotatable bonds is 0. The molecule has 1 aliphatic carbocycles. The average molecular weight is 174 g/mol. The second-order valence-electron chi connectivity index (χ2n) is 3.23. The molecule has 0 aromatic carbocycles. The third-order valence-corrected chi connectivity index (χ3v) is 2.04. The molecule has 1 aliphatic rings. The van der Waals surface area contributed by atoms with Crippen LogP contribution in [0.5, 0.6) is 0 Å². The Hall–Kier alpha value is -1.04. The Morgan fingerprint density at radius 3 is 2.08 bits per heavy atom. The van der Waals surface area contributed by atoms with E-state index in [0.717, 1.165) is 6.42 Å². The van der Waals surface area contributed by atoms with Crippen molar-refractivity contribution in [3.05, 3.63) is 48.6 Å². The van der Waals surface area contributed by atoms with Crippen LogP contribution in [0.1, 0.15) is 32.1 Å². The maximum Gasteiger partial charge on any atom is -0.0166 e. The van der Waals surface area contributed by atoms with Gasteiger partial charge in [-0.1, -0.05) is 48.6 Å². The summed E-state index contributed by atoms with van der Waals surface area (Å²) in [5, 5.41) is 0. The van der Waals surface area contributed by atoms with E-state index < -0.39 is 0 Å². The minimum absolute atomic E-state index is 1.06. The molecule has 0 heterocycles. The minimum atomic E-state index is 1.06. The van der Waals surface area contributed by atoms with Gasteiger partial charge in [-0.15, -0.1) is 0 Å². The molecule has 0 spiro atoms. The molecular weight excluding hydrogens is 156 g/mol. The zero-order valence-electron chi connectivity index (χ0n) is 8.15. The summed E-state index contributed by atoms with van der Waals surface area (Å²) in [4.78, 5) is 0. The van der Waals surface area contributed by atoms with Crippen molar-refractivity contribution >= 4 is 0 Å². The van der Waals surface area contributed by atoms with Gasteiger partial charge in [0.25, 0.3) is 0 Å². The molecule has 0 saturated carbocycles. The lowest BCUT2D eigenvalue weighted by molar-refractivity contribution is 0.761. The first-order valence-corrected chi connectivity index (χ1v) is 5.13. The zero-order chi connectivity index (χ0) is 9.19. The van der Waals surface area contributed by atoms with Crippen molar-refractivity contribution in [3.8, 4) is 0 Å². The molecule has 0 N–H and O–H groups in total. The number of hydrogen-bond donors (Lipinski definition) is 0. The van der Waals surface area contributed by atoms with E-state index in [1.54, 1.807) is 0 Å². The Morgan fingerprint density at radius 1 is 0.538 bits per heavy atom. The lowest BCUT2D eigenvalue weighted by Crippen LogP contribution is -1.71. The van der Waals surface area contributed by atoms with Gasteiger partial charge in [-0.2, -0.15) is 0 Å². The highest BCUT2D eigenvalue weighted by molar-refractivity contribution is 5.12. The Balaban J connectivity index is 2.38. The van der Waals surface area contributed by atoms with Crippen LogP contribution in [-0.4, -0.2) is 0 Å². The van der Waals surface area contributed by atoms with Gasteiger partial charge >= 0.3 is 0 Å². The van der Waals surface area contributed by atoms with Crippen molar-refractivity contribution in [2.75, 3.05) is 0 Å². The fourth-order valence-corrected chi connectivity index (χ4v) is 1.28. The van der Waals surface area contributed by atoms with Crippen molar-refractivity contribution < 1.29 is 0 Å². The number of allylic oxidation sites excluding steroid dienone is 8. The van der Waals surface area contributed by atoms with Gasteiger partial charge in [-0.25, -0.2) is 0 Å². The van der Waals surface area contributed by atoms with Crippen molar-refractivity contribution in [2.45, 2.75) is 32.1 Å². The van der Waals surface area contributed by atoms with Crippen LogP contribution in [0.3, 0.4) is 0 Å². The predicted octanol–water partition coefficient (Wildman–Crippen LogP) is 4.18. The van der Waals surface area contributed by atoms with E-state index in [2.05, 4.69) is 48.6 Å². The smallest absolute Gasteiger partial charge is 0.0166 e. The Morgan fingerprint density at radius 2 is 1.23 bits per heavy atom. The van der Waals surface area contributed by atoms with Gasteiger partial charge in [-0.3, -0.25) is 0 Å². The Kier molecular flexibility index (Phi) is 5.87. The van der Waals surface area contributed by atoms with Crippen molar-refractivity contribution in [1.82, 2.24) is 0 Å². The molecule has 0 radical (unpaired) electrons. The fourth-order valence-electron chi connectivity index (χ4n) is 1.28. The summed E-state index contributed by atoms with van der Waals surface area (Å²) < 4.78 is 0. The van der Waals surface area contributed by atoms with Gasteiger partial charge < -0.3 is 0 Å². The van der Waals surface area contributed by atoms with Gasteiger partial charge in [0.05, 0.1) is 0 Å². The van der Waals surface area contributed by atoms with Gasteiger partial charge in [0.15, 0.2) is 0 Å². The van der Waals surface area contributed by atoms with E-state index >= 15 is 0 Å². The molecule has 1 rings (SSSR count). The van der Waals surface area contributed by atoms with Crippen LogP contribution in [0.15, 0.2) is 48.6 Å². The highest BCUT2D eigenvalue weighted by atomic mass is 13.9. The monoisotopic (exact) mass is 174 g/mol. The third kappa shape index (κ3) is 6.15. The second-order valence-corrected chi connectivity index (χ2v) is 3.23. The van der Waals surface area contributed by atoms with Crippen molar-refractivity contribution in [2.24, 2.45) is 0 Å². The standard InChI is InChI=1S/C13H18/c1-2-4-6-8-10-12-13-11-9-7-5-3-1/h1-6,9,11H,7-8,10,12-13H2/b2-1+,5-3+,6-4-,11-9+. The fraction of sp³-hybridized carbons (Fsp3) is 0.385. The summed E-state index contributed by atoms with van der Waals surface area (Å²) in [7, 11) is 0. The topological polar surface area (TPSA) is 0 Å². The van der Waals surface area contributed by atoms with E-state index in [9.17, 15) is 0 Å². The second kappa shape index (κ2) is 7.60. The highest BCUT2D eigenvalue weighted by Crippen LogP contribution is 2.03. The average Bonchev–Trinajstić information content (AvgIpc) is 2.18. The summed E-state index contributed by atoms with van der Waals surface area (Å²) in [5.41, 5.74) is 0. The molecule has 0 heteroatoms. The first-order chi connectivity index (χ1) is 6.50. The normalized spacial score (nSPS) is 28.9. The minimum Gasteiger partial charge on any atom is -0.0882 e. The molecule has 0 atom stereocenters. The van der Waals surface area contributed by atoms with Crippen LogP contribution in [0.2, 0.25) is 0 Å². The molecule has 0 aromatic rings. The summed E-state index contributed by atoms with van der Waals surface area (Å²) in [5.74, 6) is 0. The van der Waals surface area contributed by atoms with Gasteiger partial charge in [0, 0.05) is 0 Å². The summed E-state index contributed by atoms with van der Waals surface area (Å²) in [6.07, 6.45) is 23.5. The van der Waals surface area contributed by atoms with Crippen LogP contribution < -0.4 is 0 Å². The summed E-state index contributed by atoms with van der Waals surface area (Å²) in [6.45, 7) is 0. The molecule has 0 aliphatic heterocycles. The van der Waals surface area contributed by atoms with Crippen LogP contribution in [0.4, 0.5) is 0 Å². The third-order valence-electron chi connectivity index (χ3n) is 2.04. The molecule has 0 bridgehead atoms. The summed E-state index contributed by atoms with van der Waals surface area (Å²) in [6, 6.07) is 0. The van der Waals surface area contributed by atoms with Crippen LogP contribution in [-0.2, 0) is 0 Å². The van der Waals surface area contributed by atoms with Crippen LogP contribution >= 0.6 is 0 Å². The molecule has 0 aromatic heterocycles. The quantitative estimate of drug-likeness (QED) is 0.483. The van der Waals surface area contributed by atoms with E-state index in [0.29, 0.717) is 0 Å². The largest absolute Gasteiger partial charge is 0.0882 e. The first kappa shape index (κ1) is 10.0. The highest BCUT2D eigenvalue weighted by Gasteiger charge is 1.83. The van der Waals surface area contributed by atoms with Gasteiger partial charge in [-0.05, 0) is 32.1 Å². The zero-order valence-corrected chi connectivity index (χ0v) is 8.15. The van der Waals surface area contributed by atoms with Crippen LogP contribution in [0.25, 0.3) is 0 Å². The molecule has 0 unspecified atom stereocenters. The maximum atomic E-state index is 2.29. The van der Waals surface area contributed by atoms with E-state index in [1.165, 1.54) is 25.7 Å². The molecule has 70 valence electrons. The van der Waals surface area contributed by atoms with E-state index in [1.807, 2.05) is 0 Å². The number of hydrogen-bond acceptors (Lipinski definition) is 0. The Labute approximate surface area is 81.4 Å². The van der Waals surface area contributed by atoms with E-state index in [4.69, 9.17) is 0 Å². The molecule has 0 saturated heterocycles. The predicted molar refractivity (Wildman–Crippen MR) is 59.6 cm³/mol. The molecule has 13 heavy (non-hydrogen) atoms. The SMILES string of the molecule is C1=C\CCCC/C=C/C/C=C/C=C/1. The van der Waals surface area contributed by atoms with Crippen molar-refractivity contribution in [3.63, 3.8) is 0 Å². The molecule has 0 amide bonds. The maximum absolute atomic E-state index is 2.29. The Bertz CT molecular complexity index is 216. The lowest BCUT2D eigenvalue weighted by Gasteiger charge is -1.91. The van der Waals surface area contributed by atoms with Gasteiger partial charge in [0.1, 0.15) is 0 Å². The van der Waals surface area contributed by atoms with E-state index in [-0.39, 0.29) is 0 Å². The molecule has 0 fully saturated rings. The molecular formula is C13H18. The lowest BCUT2D eigenvalue weighted by atomic mass is 10.2. The first-order valence-electron chi connectivity index (χ1n) is 5.13. The summed E-state index contributed by atoms with van der Waals surface area (Å²) >= 11 is 0. The van der Waals surface area contributed by atoms with Crippen LogP contribution in [0, 0.1) is 0 Å². The van der Waals surface area contributed by atoms with Crippen molar-refractivity contribution in [1.29, 1.82) is 0 Å². The molecule has 0 nitrogen and oxygen atoms in total. The van der Waals surface area contributed by atoms with Gasteiger partial charge in [0.2, 0.25) is 0 Å².